The van der Waals surface area contributed by atoms with Gasteiger partial charge in [0.05, 0.1) is 16.7 Å². The normalized spacial score (nSPS) is 12.0. The fourth-order valence-electron chi connectivity index (χ4n) is 9.28. The van der Waals surface area contributed by atoms with E-state index in [1.165, 1.54) is 48.7 Å². The molecule has 5 nitrogen and oxygen atoms in total. The monoisotopic (exact) mass is 764 g/mol. The Bertz CT molecular complexity index is 3810. The SMILES string of the molecule is c1ccc(-c2nc(-c3ccc4ccccc4c3)nc(-c3ccc4oc5ccc6c(-n7c8cc9ccccc9cc8c8cc9ccccc9cc87)cccc6c5c4c3)n2)cc1. The molecule has 60 heavy (non-hydrogen) atoms. The third-order valence-corrected chi connectivity index (χ3v) is 12.1. The summed E-state index contributed by atoms with van der Waals surface area (Å²) in [6.07, 6.45) is 0. The lowest BCUT2D eigenvalue weighted by atomic mass is 10.0. The van der Waals surface area contributed by atoms with Crippen molar-refractivity contribution < 1.29 is 4.42 Å². The van der Waals surface area contributed by atoms with Crippen LogP contribution in [-0.2, 0) is 0 Å². The Balaban J connectivity index is 1.04. The summed E-state index contributed by atoms with van der Waals surface area (Å²) >= 11 is 0. The van der Waals surface area contributed by atoms with Crippen LogP contribution in [0.2, 0.25) is 0 Å². The molecule has 5 heteroatoms. The third kappa shape index (κ3) is 5.03. The van der Waals surface area contributed by atoms with Gasteiger partial charge in [0.15, 0.2) is 17.5 Å². The quantitative estimate of drug-likeness (QED) is 0.179. The van der Waals surface area contributed by atoms with Crippen molar-refractivity contribution in [2.24, 2.45) is 0 Å². The average Bonchev–Trinajstić information content (AvgIpc) is 3.84. The molecule has 0 aliphatic carbocycles. The van der Waals surface area contributed by atoms with E-state index < -0.39 is 0 Å². The minimum absolute atomic E-state index is 0.605. The maximum Gasteiger partial charge on any atom is 0.164 e. The Kier molecular flexibility index (Phi) is 6.95. The second-order valence-electron chi connectivity index (χ2n) is 15.6. The van der Waals surface area contributed by atoms with Crippen molar-refractivity contribution in [3.63, 3.8) is 0 Å². The Labute approximate surface area is 343 Å². The molecule has 0 aliphatic heterocycles. The highest BCUT2D eigenvalue weighted by molar-refractivity contribution is 6.22. The van der Waals surface area contributed by atoms with Crippen LogP contribution in [0.3, 0.4) is 0 Å². The first kappa shape index (κ1) is 32.9. The van der Waals surface area contributed by atoms with E-state index in [4.69, 9.17) is 19.4 Å². The van der Waals surface area contributed by atoms with Gasteiger partial charge in [-0.25, -0.2) is 15.0 Å². The Morgan fingerprint density at radius 3 is 1.52 bits per heavy atom. The topological polar surface area (TPSA) is 56.7 Å². The number of nitrogens with zero attached hydrogens (tertiary/aromatic N) is 4. The summed E-state index contributed by atoms with van der Waals surface area (Å²) in [5.41, 5.74) is 7.89. The fourth-order valence-corrected chi connectivity index (χ4v) is 9.28. The van der Waals surface area contributed by atoms with E-state index in [9.17, 15) is 0 Å². The van der Waals surface area contributed by atoms with Gasteiger partial charge < -0.3 is 8.98 Å². The van der Waals surface area contributed by atoms with E-state index in [0.29, 0.717) is 17.5 Å². The molecule has 13 aromatic rings. The van der Waals surface area contributed by atoms with Gasteiger partial charge in [0.2, 0.25) is 0 Å². The van der Waals surface area contributed by atoms with E-state index in [-0.39, 0.29) is 0 Å². The first-order valence-corrected chi connectivity index (χ1v) is 20.3. The van der Waals surface area contributed by atoms with Gasteiger partial charge >= 0.3 is 0 Å². The van der Waals surface area contributed by atoms with Crippen LogP contribution in [0.4, 0.5) is 0 Å². The minimum atomic E-state index is 0.605. The molecule has 0 fully saturated rings. The number of rotatable bonds is 4. The van der Waals surface area contributed by atoms with Crippen LogP contribution in [0.1, 0.15) is 0 Å². The molecule has 0 saturated heterocycles. The van der Waals surface area contributed by atoms with E-state index in [1.807, 2.05) is 36.4 Å². The zero-order chi connectivity index (χ0) is 39.3. The second-order valence-corrected chi connectivity index (χ2v) is 15.6. The first-order valence-electron chi connectivity index (χ1n) is 20.3. The first-order chi connectivity index (χ1) is 29.7. The zero-order valence-electron chi connectivity index (χ0n) is 32.2. The number of hydrogen-bond acceptors (Lipinski definition) is 4. The molecule has 0 aliphatic rings. The van der Waals surface area contributed by atoms with Crippen LogP contribution < -0.4 is 0 Å². The fraction of sp³-hybridized carbons (Fsp3) is 0. The molecule has 13 rings (SSSR count). The predicted molar refractivity (Wildman–Crippen MR) is 248 cm³/mol. The Morgan fingerprint density at radius 2 is 0.850 bits per heavy atom. The Hall–Kier alpha value is -8.15. The molecular weight excluding hydrogens is 733 g/mol. The van der Waals surface area contributed by atoms with Crippen molar-refractivity contribution in [2.75, 3.05) is 0 Å². The van der Waals surface area contributed by atoms with E-state index in [1.54, 1.807) is 0 Å². The lowest BCUT2D eigenvalue weighted by Crippen LogP contribution is -2.00. The Morgan fingerprint density at radius 1 is 0.317 bits per heavy atom. The van der Waals surface area contributed by atoms with Gasteiger partial charge in [-0.15, -0.1) is 0 Å². The molecule has 10 aromatic carbocycles. The molecule has 0 amide bonds. The highest BCUT2D eigenvalue weighted by Crippen LogP contribution is 2.42. The molecule has 0 radical (unpaired) electrons. The number of benzene rings is 10. The van der Waals surface area contributed by atoms with Gasteiger partial charge in [-0.2, -0.15) is 0 Å². The van der Waals surface area contributed by atoms with Crippen molar-refractivity contribution in [1.82, 2.24) is 19.5 Å². The summed E-state index contributed by atoms with van der Waals surface area (Å²) in [4.78, 5) is 15.2. The molecule has 0 unspecified atom stereocenters. The van der Waals surface area contributed by atoms with Gasteiger partial charge in [0.1, 0.15) is 11.2 Å². The number of aromatic nitrogens is 4. The molecule has 0 spiro atoms. The number of fused-ring (bicyclic) bond motifs is 11. The summed E-state index contributed by atoms with van der Waals surface area (Å²) in [6.45, 7) is 0. The minimum Gasteiger partial charge on any atom is -0.456 e. The van der Waals surface area contributed by atoms with E-state index in [0.717, 1.165) is 60.5 Å². The van der Waals surface area contributed by atoms with Gasteiger partial charge in [-0.3, -0.25) is 0 Å². The number of hydrogen-bond donors (Lipinski definition) is 0. The molecule has 3 aromatic heterocycles. The predicted octanol–water partition coefficient (Wildman–Crippen LogP) is 14.5. The smallest absolute Gasteiger partial charge is 0.164 e. The summed E-state index contributed by atoms with van der Waals surface area (Å²) in [6, 6.07) is 68.8. The highest BCUT2D eigenvalue weighted by atomic mass is 16.3. The van der Waals surface area contributed by atoms with Crippen LogP contribution in [0.25, 0.3) is 127 Å². The lowest BCUT2D eigenvalue weighted by molar-refractivity contribution is 0.669. The van der Waals surface area contributed by atoms with Crippen molar-refractivity contribution in [1.29, 1.82) is 0 Å². The molecule has 3 heterocycles. The van der Waals surface area contributed by atoms with Crippen LogP contribution in [-0.4, -0.2) is 19.5 Å². The standard InChI is InChI=1S/C55H32N4O/c1-2-12-34(13-3-1)53-56-54(40-22-21-33-11-4-5-14-35(33)27-40)58-55(57-53)41-23-25-50-46(30-41)52-43-19-10-20-47(42(43)24-26-51(52)60-50)59-48-31-38-17-8-6-15-36(38)28-44(48)45-29-37-16-7-9-18-39(37)32-49(45)59/h1-32H. The highest BCUT2D eigenvalue weighted by Gasteiger charge is 2.20. The van der Waals surface area contributed by atoms with Crippen molar-refractivity contribution in [3.8, 4) is 39.9 Å². The van der Waals surface area contributed by atoms with Gasteiger partial charge in [0.25, 0.3) is 0 Å². The summed E-state index contributed by atoms with van der Waals surface area (Å²) < 4.78 is 9.04. The van der Waals surface area contributed by atoms with Crippen LogP contribution in [0.15, 0.2) is 199 Å². The van der Waals surface area contributed by atoms with Crippen LogP contribution in [0.5, 0.6) is 0 Å². The largest absolute Gasteiger partial charge is 0.456 e. The van der Waals surface area contributed by atoms with Crippen LogP contribution in [0, 0.1) is 0 Å². The summed E-state index contributed by atoms with van der Waals surface area (Å²) in [5.74, 6) is 1.86. The van der Waals surface area contributed by atoms with E-state index >= 15 is 0 Å². The molecule has 0 atom stereocenters. The van der Waals surface area contributed by atoms with Gasteiger partial charge in [-0.05, 0) is 104 Å². The number of furan rings is 1. The molecule has 0 N–H and O–H groups in total. The van der Waals surface area contributed by atoms with Crippen molar-refractivity contribution in [3.05, 3.63) is 194 Å². The van der Waals surface area contributed by atoms with Crippen LogP contribution >= 0.6 is 0 Å². The maximum atomic E-state index is 6.59. The van der Waals surface area contributed by atoms with Gasteiger partial charge in [-0.1, -0.05) is 127 Å². The molecular formula is C55H32N4O. The van der Waals surface area contributed by atoms with Gasteiger partial charge in [0, 0.05) is 43.6 Å². The zero-order valence-corrected chi connectivity index (χ0v) is 32.2. The van der Waals surface area contributed by atoms with Crippen molar-refractivity contribution in [2.45, 2.75) is 0 Å². The molecule has 0 saturated carbocycles. The second kappa shape index (κ2) is 12.7. The molecule has 0 bridgehead atoms. The molecule has 278 valence electrons. The summed E-state index contributed by atoms with van der Waals surface area (Å²) in [7, 11) is 0. The van der Waals surface area contributed by atoms with E-state index in [2.05, 4.69) is 162 Å². The third-order valence-electron chi connectivity index (χ3n) is 12.1. The lowest BCUT2D eigenvalue weighted by Gasteiger charge is -2.13. The average molecular weight is 765 g/mol. The van der Waals surface area contributed by atoms with Crippen molar-refractivity contribution >= 4 is 86.8 Å². The maximum absolute atomic E-state index is 6.59. The summed E-state index contributed by atoms with van der Waals surface area (Å²) in [5, 5.41) is 14.0.